The fraction of sp³-hybridized carbons (Fsp3) is 0.429. The molecule has 28 heavy (non-hydrogen) atoms. The molecule has 7 nitrogen and oxygen atoms in total. The zero-order chi connectivity index (χ0) is 19.3. The van der Waals surface area contributed by atoms with Crippen molar-refractivity contribution >= 4 is 22.9 Å². The Bertz CT molecular complexity index is 938. The second-order valence-electron chi connectivity index (χ2n) is 7.30. The van der Waals surface area contributed by atoms with Crippen molar-refractivity contribution in [2.24, 2.45) is 7.05 Å². The SMILES string of the molecule is Cn1c([C@@H]2CCCN(C(=O)CCCNc3ncccn3)C2)nc2ccccc21. The van der Waals surface area contributed by atoms with Crippen LogP contribution in [0.2, 0.25) is 0 Å². The predicted molar refractivity (Wildman–Crippen MR) is 109 cm³/mol. The van der Waals surface area contributed by atoms with Crippen molar-refractivity contribution in [3.8, 4) is 0 Å². The summed E-state index contributed by atoms with van der Waals surface area (Å²) in [5.41, 5.74) is 2.17. The average molecular weight is 378 g/mol. The predicted octanol–water partition coefficient (Wildman–Crippen LogP) is 2.96. The largest absolute Gasteiger partial charge is 0.354 e. The van der Waals surface area contributed by atoms with Crippen molar-refractivity contribution in [2.45, 2.75) is 31.6 Å². The fourth-order valence-corrected chi connectivity index (χ4v) is 3.93. The number of hydrogen-bond donors (Lipinski definition) is 1. The van der Waals surface area contributed by atoms with Crippen LogP contribution in [0.4, 0.5) is 5.95 Å². The molecule has 2 aromatic heterocycles. The van der Waals surface area contributed by atoms with E-state index in [1.807, 2.05) is 23.1 Å². The Morgan fingerprint density at radius 1 is 1.21 bits per heavy atom. The smallest absolute Gasteiger partial charge is 0.222 e. The number of carbonyl (C=O) groups is 1. The van der Waals surface area contributed by atoms with Gasteiger partial charge < -0.3 is 14.8 Å². The number of carbonyl (C=O) groups excluding carboxylic acids is 1. The van der Waals surface area contributed by atoms with Crippen LogP contribution in [0, 0.1) is 0 Å². The molecule has 1 atom stereocenters. The van der Waals surface area contributed by atoms with Crippen LogP contribution in [0.3, 0.4) is 0 Å². The first-order valence-electron chi connectivity index (χ1n) is 9.92. The third-order valence-corrected chi connectivity index (χ3v) is 5.38. The summed E-state index contributed by atoms with van der Waals surface area (Å²) < 4.78 is 2.18. The van der Waals surface area contributed by atoms with Gasteiger partial charge in [0.1, 0.15) is 5.82 Å². The van der Waals surface area contributed by atoms with Crippen molar-refractivity contribution in [2.75, 3.05) is 25.0 Å². The normalized spacial score (nSPS) is 17.0. The molecule has 7 heteroatoms. The second kappa shape index (κ2) is 8.37. The number of imidazole rings is 1. The fourth-order valence-electron chi connectivity index (χ4n) is 3.93. The maximum absolute atomic E-state index is 12.7. The highest BCUT2D eigenvalue weighted by Crippen LogP contribution is 2.28. The van der Waals surface area contributed by atoms with Gasteiger partial charge in [-0.25, -0.2) is 15.0 Å². The molecule has 1 saturated heterocycles. The van der Waals surface area contributed by atoms with Crippen LogP contribution in [0.15, 0.2) is 42.7 Å². The van der Waals surface area contributed by atoms with E-state index in [4.69, 9.17) is 4.98 Å². The summed E-state index contributed by atoms with van der Waals surface area (Å²) in [6.45, 7) is 2.29. The standard InChI is InChI=1S/C21H26N6O/c1-26-18-9-3-2-8-17(18)25-20(26)16-7-5-14-27(15-16)19(28)10-4-11-22-21-23-12-6-13-24-21/h2-3,6,8-9,12-13,16H,4-5,7,10-11,14-15H2,1H3,(H,22,23,24)/t16-/m1/s1. The highest BCUT2D eigenvalue weighted by molar-refractivity contribution is 5.77. The molecule has 1 aliphatic rings. The molecule has 1 aromatic carbocycles. The quantitative estimate of drug-likeness (QED) is 0.668. The van der Waals surface area contributed by atoms with Crippen LogP contribution in [0.25, 0.3) is 11.0 Å². The molecule has 0 spiro atoms. The number of para-hydroxylation sites is 2. The van der Waals surface area contributed by atoms with Gasteiger partial charge in [-0.15, -0.1) is 0 Å². The summed E-state index contributed by atoms with van der Waals surface area (Å²) in [5, 5.41) is 3.15. The Labute approximate surface area is 164 Å². The minimum Gasteiger partial charge on any atom is -0.354 e. The molecule has 0 radical (unpaired) electrons. The number of amides is 1. The van der Waals surface area contributed by atoms with Crippen molar-refractivity contribution in [1.29, 1.82) is 0 Å². The van der Waals surface area contributed by atoms with Gasteiger partial charge in [0.05, 0.1) is 11.0 Å². The number of anilines is 1. The maximum Gasteiger partial charge on any atom is 0.222 e. The van der Waals surface area contributed by atoms with Gasteiger partial charge in [0, 0.05) is 51.4 Å². The number of piperidine rings is 1. The summed E-state index contributed by atoms with van der Waals surface area (Å²) in [6.07, 6.45) is 6.81. The van der Waals surface area contributed by atoms with E-state index in [1.165, 1.54) is 0 Å². The highest BCUT2D eigenvalue weighted by Gasteiger charge is 2.27. The van der Waals surface area contributed by atoms with E-state index in [-0.39, 0.29) is 5.91 Å². The molecule has 1 aliphatic heterocycles. The third kappa shape index (κ3) is 3.98. The molecular formula is C21H26N6O. The van der Waals surface area contributed by atoms with Gasteiger partial charge in [0.2, 0.25) is 11.9 Å². The maximum atomic E-state index is 12.7. The Morgan fingerprint density at radius 3 is 2.86 bits per heavy atom. The molecule has 0 unspecified atom stereocenters. The lowest BCUT2D eigenvalue weighted by molar-refractivity contribution is -0.132. The molecular weight excluding hydrogens is 352 g/mol. The molecule has 0 saturated carbocycles. The average Bonchev–Trinajstić information content (AvgIpc) is 3.09. The number of likely N-dealkylation sites (tertiary alicyclic amines) is 1. The summed E-state index contributed by atoms with van der Waals surface area (Å²) in [4.78, 5) is 27.8. The van der Waals surface area contributed by atoms with E-state index in [9.17, 15) is 4.79 Å². The Hall–Kier alpha value is -2.96. The second-order valence-corrected chi connectivity index (χ2v) is 7.30. The molecule has 4 rings (SSSR count). The molecule has 1 N–H and O–H groups in total. The van der Waals surface area contributed by atoms with E-state index in [1.54, 1.807) is 18.5 Å². The van der Waals surface area contributed by atoms with Crippen molar-refractivity contribution < 1.29 is 4.79 Å². The lowest BCUT2D eigenvalue weighted by atomic mass is 9.96. The molecule has 1 amide bonds. The minimum absolute atomic E-state index is 0.222. The van der Waals surface area contributed by atoms with E-state index in [0.717, 1.165) is 49.2 Å². The van der Waals surface area contributed by atoms with Gasteiger partial charge in [-0.3, -0.25) is 4.79 Å². The number of aromatic nitrogens is 4. The van der Waals surface area contributed by atoms with Gasteiger partial charge in [0.15, 0.2) is 0 Å². The van der Waals surface area contributed by atoms with Crippen LogP contribution < -0.4 is 5.32 Å². The van der Waals surface area contributed by atoms with Crippen molar-refractivity contribution in [3.05, 3.63) is 48.5 Å². The number of rotatable bonds is 6. The van der Waals surface area contributed by atoms with Gasteiger partial charge >= 0.3 is 0 Å². The molecule has 0 bridgehead atoms. The van der Waals surface area contributed by atoms with Gasteiger partial charge in [-0.1, -0.05) is 12.1 Å². The lowest BCUT2D eigenvalue weighted by Crippen LogP contribution is -2.39. The first-order chi connectivity index (χ1) is 13.7. The van der Waals surface area contributed by atoms with E-state index in [2.05, 4.69) is 33.0 Å². The molecule has 0 aliphatic carbocycles. The number of fused-ring (bicyclic) bond motifs is 1. The van der Waals surface area contributed by atoms with Crippen molar-refractivity contribution in [1.82, 2.24) is 24.4 Å². The molecule has 3 heterocycles. The zero-order valence-corrected chi connectivity index (χ0v) is 16.2. The number of nitrogens with zero attached hydrogens (tertiary/aromatic N) is 5. The topological polar surface area (TPSA) is 75.9 Å². The van der Waals surface area contributed by atoms with Crippen LogP contribution >= 0.6 is 0 Å². The number of aryl methyl sites for hydroxylation is 1. The number of nitrogens with one attached hydrogen (secondary N) is 1. The molecule has 3 aromatic rings. The van der Waals surface area contributed by atoms with E-state index >= 15 is 0 Å². The van der Waals surface area contributed by atoms with Crippen LogP contribution in [0.5, 0.6) is 0 Å². The highest BCUT2D eigenvalue weighted by atomic mass is 16.2. The molecule has 146 valence electrons. The zero-order valence-electron chi connectivity index (χ0n) is 16.2. The third-order valence-electron chi connectivity index (χ3n) is 5.38. The summed E-state index contributed by atoms with van der Waals surface area (Å²) >= 11 is 0. The minimum atomic E-state index is 0.222. The van der Waals surface area contributed by atoms with E-state index in [0.29, 0.717) is 24.8 Å². The first-order valence-corrected chi connectivity index (χ1v) is 9.92. The van der Waals surface area contributed by atoms with E-state index < -0.39 is 0 Å². The van der Waals surface area contributed by atoms with Gasteiger partial charge in [-0.2, -0.15) is 0 Å². The Morgan fingerprint density at radius 2 is 2.04 bits per heavy atom. The summed E-state index contributed by atoms with van der Waals surface area (Å²) in [5.74, 6) is 2.21. The lowest BCUT2D eigenvalue weighted by Gasteiger charge is -2.32. The van der Waals surface area contributed by atoms with Crippen LogP contribution in [0.1, 0.15) is 37.4 Å². The number of benzene rings is 1. The Kier molecular flexibility index (Phi) is 5.50. The summed E-state index contributed by atoms with van der Waals surface area (Å²) in [6, 6.07) is 9.99. The van der Waals surface area contributed by atoms with Crippen LogP contribution in [-0.2, 0) is 11.8 Å². The number of hydrogen-bond acceptors (Lipinski definition) is 5. The van der Waals surface area contributed by atoms with Gasteiger partial charge in [-0.05, 0) is 37.5 Å². The van der Waals surface area contributed by atoms with Crippen LogP contribution in [-0.4, -0.2) is 50.0 Å². The summed E-state index contributed by atoms with van der Waals surface area (Å²) in [7, 11) is 2.07. The first kappa shape index (κ1) is 18.4. The Balaban J connectivity index is 1.32. The monoisotopic (exact) mass is 378 g/mol. The van der Waals surface area contributed by atoms with Gasteiger partial charge in [0.25, 0.3) is 0 Å². The molecule has 1 fully saturated rings. The van der Waals surface area contributed by atoms with Crippen molar-refractivity contribution in [3.63, 3.8) is 0 Å².